The van der Waals surface area contributed by atoms with Crippen LogP contribution in [0.4, 0.5) is 0 Å². The fourth-order valence-corrected chi connectivity index (χ4v) is 2.18. The Labute approximate surface area is 106 Å². The lowest BCUT2D eigenvalue weighted by atomic mass is 10.1. The molecule has 6 nitrogen and oxygen atoms in total. The number of nitrogens with zero attached hydrogens (tertiary/aromatic N) is 3. The molecule has 18 heavy (non-hydrogen) atoms. The normalized spacial score (nSPS) is 19.1. The molecule has 1 saturated heterocycles. The molecule has 1 fully saturated rings. The van der Waals surface area contributed by atoms with E-state index < -0.39 is 0 Å². The second-order valence-electron chi connectivity index (χ2n) is 4.53. The maximum atomic E-state index is 12.3. The Hall–Kier alpha value is -1.85. The summed E-state index contributed by atoms with van der Waals surface area (Å²) in [5, 5.41) is 4.06. The van der Waals surface area contributed by atoms with Crippen molar-refractivity contribution in [3.8, 4) is 0 Å². The van der Waals surface area contributed by atoms with E-state index in [4.69, 9.17) is 4.74 Å². The molecule has 1 unspecified atom stereocenters. The number of aromatic nitrogens is 2. The number of aryl methyl sites for hydroxylation is 1. The summed E-state index contributed by atoms with van der Waals surface area (Å²) in [6.45, 7) is 2.88. The summed E-state index contributed by atoms with van der Waals surface area (Å²) in [4.78, 5) is 25.4. The lowest BCUT2D eigenvalue weighted by Crippen LogP contribution is -2.30. The molecule has 1 amide bonds. The van der Waals surface area contributed by atoms with Gasteiger partial charge >= 0.3 is 5.97 Å². The zero-order valence-corrected chi connectivity index (χ0v) is 10.8. The van der Waals surface area contributed by atoms with Gasteiger partial charge in [-0.15, -0.1) is 0 Å². The summed E-state index contributed by atoms with van der Waals surface area (Å²) < 4.78 is 6.37. The van der Waals surface area contributed by atoms with E-state index in [0.717, 1.165) is 5.69 Å². The second kappa shape index (κ2) is 4.80. The van der Waals surface area contributed by atoms with Crippen molar-refractivity contribution in [2.45, 2.75) is 13.3 Å². The van der Waals surface area contributed by atoms with Gasteiger partial charge in [0.1, 0.15) is 0 Å². The molecule has 1 aromatic heterocycles. The van der Waals surface area contributed by atoms with Gasteiger partial charge in [-0.3, -0.25) is 14.3 Å². The van der Waals surface area contributed by atoms with E-state index in [1.54, 1.807) is 22.8 Å². The van der Waals surface area contributed by atoms with E-state index in [0.29, 0.717) is 25.1 Å². The molecule has 0 bridgehead atoms. The molecular weight excluding hydrogens is 234 g/mol. The van der Waals surface area contributed by atoms with Crippen molar-refractivity contribution >= 4 is 11.9 Å². The molecule has 1 aromatic rings. The summed E-state index contributed by atoms with van der Waals surface area (Å²) in [7, 11) is 3.17. The van der Waals surface area contributed by atoms with Crippen molar-refractivity contribution in [1.82, 2.24) is 14.7 Å². The van der Waals surface area contributed by atoms with Crippen LogP contribution >= 0.6 is 0 Å². The number of carbonyl (C=O) groups is 2. The molecule has 0 N–H and O–H groups in total. The van der Waals surface area contributed by atoms with Gasteiger partial charge in [0, 0.05) is 25.8 Å². The van der Waals surface area contributed by atoms with Gasteiger partial charge in [-0.1, -0.05) is 0 Å². The van der Waals surface area contributed by atoms with Crippen LogP contribution in [0.1, 0.15) is 22.5 Å². The van der Waals surface area contributed by atoms with Crippen LogP contribution in [-0.4, -0.2) is 46.8 Å². The summed E-state index contributed by atoms with van der Waals surface area (Å²) in [5.41, 5.74) is 1.43. The molecule has 0 saturated carbocycles. The lowest BCUT2D eigenvalue weighted by molar-refractivity contribution is -0.144. The van der Waals surface area contributed by atoms with E-state index >= 15 is 0 Å². The van der Waals surface area contributed by atoms with E-state index in [2.05, 4.69) is 5.10 Å². The highest BCUT2D eigenvalue weighted by Crippen LogP contribution is 2.20. The Morgan fingerprint density at radius 1 is 1.50 bits per heavy atom. The van der Waals surface area contributed by atoms with Crippen molar-refractivity contribution in [3.05, 3.63) is 17.5 Å². The summed E-state index contributed by atoms with van der Waals surface area (Å²) in [5.74, 6) is -0.504. The number of likely N-dealkylation sites (tertiary alicyclic amines) is 1. The minimum atomic E-state index is -0.242. The van der Waals surface area contributed by atoms with E-state index in [-0.39, 0.29) is 17.8 Å². The van der Waals surface area contributed by atoms with Crippen molar-refractivity contribution < 1.29 is 14.3 Å². The molecular formula is C12H17N3O3. The number of carbonyl (C=O) groups excluding carboxylic acids is 2. The van der Waals surface area contributed by atoms with Crippen molar-refractivity contribution in [2.75, 3.05) is 20.2 Å². The average Bonchev–Trinajstić information content (AvgIpc) is 2.97. The van der Waals surface area contributed by atoms with E-state index in [9.17, 15) is 9.59 Å². The molecule has 0 aliphatic carbocycles. The van der Waals surface area contributed by atoms with Crippen LogP contribution in [0.2, 0.25) is 0 Å². The Morgan fingerprint density at radius 3 is 2.78 bits per heavy atom. The minimum Gasteiger partial charge on any atom is -0.469 e. The van der Waals surface area contributed by atoms with Crippen molar-refractivity contribution in [3.63, 3.8) is 0 Å². The van der Waals surface area contributed by atoms with Crippen LogP contribution in [0.5, 0.6) is 0 Å². The lowest BCUT2D eigenvalue weighted by Gasteiger charge is -2.15. The first-order valence-electron chi connectivity index (χ1n) is 5.90. The van der Waals surface area contributed by atoms with Gasteiger partial charge in [-0.25, -0.2) is 0 Å². The number of hydrogen-bond acceptors (Lipinski definition) is 4. The fraction of sp³-hybridized carbons (Fsp3) is 0.583. The topological polar surface area (TPSA) is 64.4 Å². The van der Waals surface area contributed by atoms with Gasteiger partial charge in [0.25, 0.3) is 5.91 Å². The third-order valence-corrected chi connectivity index (χ3v) is 3.48. The number of rotatable bonds is 2. The highest BCUT2D eigenvalue weighted by atomic mass is 16.5. The highest BCUT2D eigenvalue weighted by molar-refractivity contribution is 5.95. The second-order valence-corrected chi connectivity index (χ2v) is 4.53. The predicted octanol–water partition coefficient (Wildman–Crippen LogP) is 0.364. The van der Waals surface area contributed by atoms with Crippen LogP contribution in [0.15, 0.2) is 6.20 Å². The molecule has 6 heteroatoms. The zero-order valence-electron chi connectivity index (χ0n) is 10.8. The Kier molecular flexibility index (Phi) is 3.36. The molecule has 2 rings (SSSR count). The largest absolute Gasteiger partial charge is 0.469 e. The third-order valence-electron chi connectivity index (χ3n) is 3.48. The number of ether oxygens (including phenoxy) is 1. The van der Waals surface area contributed by atoms with Crippen LogP contribution in [0.25, 0.3) is 0 Å². The van der Waals surface area contributed by atoms with Crippen LogP contribution in [-0.2, 0) is 16.6 Å². The smallest absolute Gasteiger partial charge is 0.310 e. The predicted molar refractivity (Wildman–Crippen MR) is 64.0 cm³/mol. The molecule has 98 valence electrons. The quantitative estimate of drug-likeness (QED) is 0.712. The SMILES string of the molecule is COC(=O)C1CCN(C(=O)c2cnn(C)c2C)C1. The number of methoxy groups -OCH3 is 1. The van der Waals surface area contributed by atoms with E-state index in [1.807, 2.05) is 6.92 Å². The van der Waals surface area contributed by atoms with Gasteiger partial charge < -0.3 is 9.64 Å². The van der Waals surface area contributed by atoms with Crippen LogP contribution in [0.3, 0.4) is 0 Å². The molecule has 0 spiro atoms. The van der Waals surface area contributed by atoms with Gasteiger partial charge in [0.2, 0.25) is 0 Å². The zero-order chi connectivity index (χ0) is 13.3. The average molecular weight is 251 g/mol. The summed E-state index contributed by atoms with van der Waals surface area (Å²) in [6.07, 6.45) is 2.24. The van der Waals surface area contributed by atoms with Gasteiger partial charge in [-0.05, 0) is 13.3 Å². The van der Waals surface area contributed by atoms with Gasteiger partial charge in [-0.2, -0.15) is 5.10 Å². The fourth-order valence-electron chi connectivity index (χ4n) is 2.18. The summed E-state index contributed by atoms with van der Waals surface area (Å²) in [6, 6.07) is 0. The maximum Gasteiger partial charge on any atom is 0.310 e. The number of hydrogen-bond donors (Lipinski definition) is 0. The molecule has 1 aliphatic rings. The Morgan fingerprint density at radius 2 is 2.22 bits per heavy atom. The molecule has 2 heterocycles. The van der Waals surface area contributed by atoms with Gasteiger partial charge in [0.15, 0.2) is 0 Å². The van der Waals surface area contributed by atoms with E-state index in [1.165, 1.54) is 7.11 Å². The first-order valence-corrected chi connectivity index (χ1v) is 5.90. The molecule has 0 radical (unpaired) electrons. The monoisotopic (exact) mass is 251 g/mol. The number of esters is 1. The van der Waals surface area contributed by atoms with Crippen LogP contribution < -0.4 is 0 Å². The molecule has 1 atom stereocenters. The molecule has 1 aliphatic heterocycles. The summed E-state index contributed by atoms with van der Waals surface area (Å²) >= 11 is 0. The van der Waals surface area contributed by atoms with Gasteiger partial charge in [0.05, 0.1) is 24.8 Å². The minimum absolute atomic E-state index is 0.0630. The van der Waals surface area contributed by atoms with Crippen LogP contribution in [0, 0.1) is 12.8 Å². The standard InChI is InChI=1S/C12H17N3O3/c1-8-10(6-13-14(8)2)11(16)15-5-4-9(7-15)12(17)18-3/h6,9H,4-5,7H2,1-3H3. The Bertz CT molecular complexity index is 481. The van der Waals surface area contributed by atoms with Crippen molar-refractivity contribution in [1.29, 1.82) is 0 Å². The Balaban J connectivity index is 2.08. The maximum absolute atomic E-state index is 12.3. The number of amides is 1. The highest BCUT2D eigenvalue weighted by Gasteiger charge is 2.33. The molecule has 0 aromatic carbocycles. The third kappa shape index (κ3) is 2.10. The first kappa shape index (κ1) is 12.6. The van der Waals surface area contributed by atoms with Crippen molar-refractivity contribution in [2.24, 2.45) is 13.0 Å². The first-order chi connectivity index (χ1) is 8.54.